The standard InChI is InChI=1S/C12H16ClNO/c1-8-3-12(15-2)10(5-11(8)13)4-9-6-14-7-9/h3,5,9,14H,4,6-7H2,1-2H3. The Morgan fingerprint density at radius 1 is 1.47 bits per heavy atom. The fourth-order valence-electron chi connectivity index (χ4n) is 1.85. The van der Waals surface area contributed by atoms with Crippen LogP contribution in [-0.2, 0) is 6.42 Å². The molecular weight excluding hydrogens is 210 g/mol. The molecule has 1 aromatic carbocycles. The maximum Gasteiger partial charge on any atom is 0.122 e. The molecule has 1 saturated heterocycles. The van der Waals surface area contributed by atoms with E-state index in [2.05, 4.69) is 5.32 Å². The first kappa shape index (κ1) is 10.8. The van der Waals surface area contributed by atoms with Crippen molar-refractivity contribution in [3.8, 4) is 5.75 Å². The van der Waals surface area contributed by atoms with Crippen molar-refractivity contribution in [3.05, 3.63) is 28.3 Å². The SMILES string of the molecule is COc1cc(C)c(Cl)cc1CC1CNC1. The molecule has 0 unspecified atom stereocenters. The van der Waals surface area contributed by atoms with E-state index in [1.165, 1.54) is 5.56 Å². The Hall–Kier alpha value is -0.730. The minimum Gasteiger partial charge on any atom is -0.496 e. The molecule has 0 aliphatic carbocycles. The number of benzene rings is 1. The molecule has 1 aliphatic rings. The molecule has 2 rings (SSSR count). The van der Waals surface area contributed by atoms with E-state index in [9.17, 15) is 0 Å². The molecular formula is C12H16ClNO. The zero-order valence-electron chi connectivity index (χ0n) is 9.14. The minimum absolute atomic E-state index is 0.734. The van der Waals surface area contributed by atoms with Crippen LogP contribution < -0.4 is 10.1 Å². The molecule has 1 aromatic rings. The van der Waals surface area contributed by atoms with Gasteiger partial charge in [0.15, 0.2) is 0 Å². The lowest BCUT2D eigenvalue weighted by Crippen LogP contribution is -2.43. The van der Waals surface area contributed by atoms with Crippen LogP contribution in [0.1, 0.15) is 11.1 Å². The van der Waals surface area contributed by atoms with Crippen LogP contribution in [0.15, 0.2) is 12.1 Å². The van der Waals surface area contributed by atoms with E-state index >= 15 is 0 Å². The number of hydrogen-bond acceptors (Lipinski definition) is 2. The first-order valence-corrected chi connectivity index (χ1v) is 5.62. The Labute approximate surface area is 95.6 Å². The molecule has 0 amide bonds. The highest BCUT2D eigenvalue weighted by molar-refractivity contribution is 6.31. The summed E-state index contributed by atoms with van der Waals surface area (Å²) in [6.45, 7) is 4.21. The third-order valence-corrected chi connectivity index (χ3v) is 3.34. The summed E-state index contributed by atoms with van der Waals surface area (Å²) in [5.41, 5.74) is 2.30. The minimum atomic E-state index is 0.734. The first-order chi connectivity index (χ1) is 7.20. The van der Waals surface area contributed by atoms with Crippen LogP contribution in [0, 0.1) is 12.8 Å². The Kier molecular flexibility index (Phi) is 3.17. The fourth-order valence-corrected chi connectivity index (χ4v) is 2.04. The van der Waals surface area contributed by atoms with Crippen molar-refractivity contribution < 1.29 is 4.74 Å². The zero-order valence-corrected chi connectivity index (χ0v) is 9.90. The predicted octanol–water partition coefficient (Wildman–Crippen LogP) is 2.42. The zero-order chi connectivity index (χ0) is 10.8. The van der Waals surface area contributed by atoms with E-state index in [1.54, 1.807) is 7.11 Å². The molecule has 82 valence electrons. The molecule has 1 aliphatic heterocycles. The summed E-state index contributed by atoms with van der Waals surface area (Å²) in [6.07, 6.45) is 1.05. The van der Waals surface area contributed by atoms with Crippen molar-refractivity contribution >= 4 is 11.6 Å². The second kappa shape index (κ2) is 4.42. The average Bonchev–Trinajstić information content (AvgIpc) is 2.16. The molecule has 1 heterocycles. The van der Waals surface area contributed by atoms with Gasteiger partial charge in [-0.1, -0.05) is 11.6 Å². The lowest BCUT2D eigenvalue weighted by molar-refractivity contribution is 0.338. The second-order valence-electron chi connectivity index (χ2n) is 4.14. The Morgan fingerprint density at radius 2 is 2.20 bits per heavy atom. The van der Waals surface area contributed by atoms with Gasteiger partial charge in [0.05, 0.1) is 7.11 Å². The summed E-state index contributed by atoms with van der Waals surface area (Å²) in [6, 6.07) is 4.05. The lowest BCUT2D eigenvalue weighted by atomic mass is 9.93. The van der Waals surface area contributed by atoms with Crippen LogP contribution in [-0.4, -0.2) is 20.2 Å². The molecule has 0 bridgehead atoms. The van der Waals surface area contributed by atoms with Crippen molar-refractivity contribution in [2.75, 3.05) is 20.2 Å². The van der Waals surface area contributed by atoms with E-state index in [0.29, 0.717) is 0 Å². The van der Waals surface area contributed by atoms with Crippen molar-refractivity contribution in [1.82, 2.24) is 5.32 Å². The Balaban J connectivity index is 2.23. The monoisotopic (exact) mass is 225 g/mol. The smallest absolute Gasteiger partial charge is 0.122 e. The number of halogens is 1. The molecule has 0 radical (unpaired) electrons. The van der Waals surface area contributed by atoms with Gasteiger partial charge in [-0.2, -0.15) is 0 Å². The van der Waals surface area contributed by atoms with E-state index in [-0.39, 0.29) is 0 Å². The van der Waals surface area contributed by atoms with Gasteiger partial charge in [-0.05, 0) is 55.6 Å². The van der Waals surface area contributed by atoms with Gasteiger partial charge in [-0.3, -0.25) is 0 Å². The molecule has 1 fully saturated rings. The molecule has 2 nitrogen and oxygen atoms in total. The summed E-state index contributed by atoms with van der Waals surface area (Å²) in [5.74, 6) is 1.70. The van der Waals surface area contributed by atoms with Gasteiger partial charge in [-0.15, -0.1) is 0 Å². The normalized spacial score (nSPS) is 16.2. The van der Waals surface area contributed by atoms with Crippen molar-refractivity contribution in [1.29, 1.82) is 0 Å². The van der Waals surface area contributed by atoms with Crippen LogP contribution in [0.25, 0.3) is 0 Å². The van der Waals surface area contributed by atoms with Gasteiger partial charge < -0.3 is 10.1 Å². The maximum atomic E-state index is 6.12. The average molecular weight is 226 g/mol. The maximum absolute atomic E-state index is 6.12. The molecule has 1 N–H and O–H groups in total. The molecule has 0 atom stereocenters. The molecule has 0 spiro atoms. The summed E-state index contributed by atoms with van der Waals surface area (Å²) < 4.78 is 5.37. The van der Waals surface area contributed by atoms with Gasteiger partial charge in [0.2, 0.25) is 0 Å². The third-order valence-electron chi connectivity index (χ3n) is 2.94. The van der Waals surface area contributed by atoms with Crippen LogP contribution in [0.3, 0.4) is 0 Å². The van der Waals surface area contributed by atoms with Crippen molar-refractivity contribution in [2.45, 2.75) is 13.3 Å². The van der Waals surface area contributed by atoms with Gasteiger partial charge >= 0.3 is 0 Å². The van der Waals surface area contributed by atoms with E-state index in [0.717, 1.165) is 41.8 Å². The van der Waals surface area contributed by atoms with Gasteiger partial charge in [0.25, 0.3) is 0 Å². The van der Waals surface area contributed by atoms with Gasteiger partial charge in [0, 0.05) is 5.02 Å². The Bertz CT molecular complexity index is 361. The highest BCUT2D eigenvalue weighted by atomic mass is 35.5. The largest absolute Gasteiger partial charge is 0.496 e. The van der Waals surface area contributed by atoms with E-state index in [4.69, 9.17) is 16.3 Å². The summed E-state index contributed by atoms with van der Waals surface area (Å²) in [4.78, 5) is 0. The highest BCUT2D eigenvalue weighted by Gasteiger charge is 2.19. The fraction of sp³-hybridized carbons (Fsp3) is 0.500. The van der Waals surface area contributed by atoms with Crippen LogP contribution >= 0.6 is 11.6 Å². The van der Waals surface area contributed by atoms with Crippen molar-refractivity contribution in [3.63, 3.8) is 0 Å². The van der Waals surface area contributed by atoms with Crippen LogP contribution in [0.2, 0.25) is 5.02 Å². The Morgan fingerprint density at radius 3 is 2.73 bits per heavy atom. The molecule has 3 heteroatoms. The highest BCUT2D eigenvalue weighted by Crippen LogP contribution is 2.29. The molecule has 0 saturated carbocycles. The number of aryl methyl sites for hydroxylation is 1. The number of hydrogen-bond donors (Lipinski definition) is 1. The molecule has 15 heavy (non-hydrogen) atoms. The second-order valence-corrected chi connectivity index (χ2v) is 4.55. The summed E-state index contributed by atoms with van der Waals surface area (Å²) in [7, 11) is 1.71. The summed E-state index contributed by atoms with van der Waals surface area (Å²) in [5, 5.41) is 4.10. The van der Waals surface area contributed by atoms with Crippen LogP contribution in [0.4, 0.5) is 0 Å². The summed E-state index contributed by atoms with van der Waals surface area (Å²) >= 11 is 6.12. The van der Waals surface area contributed by atoms with E-state index in [1.807, 2.05) is 19.1 Å². The topological polar surface area (TPSA) is 21.3 Å². The number of nitrogens with one attached hydrogen (secondary N) is 1. The number of rotatable bonds is 3. The lowest BCUT2D eigenvalue weighted by Gasteiger charge is -2.27. The van der Waals surface area contributed by atoms with Gasteiger partial charge in [0.1, 0.15) is 5.75 Å². The third kappa shape index (κ3) is 2.27. The quantitative estimate of drug-likeness (QED) is 0.853. The molecule has 0 aromatic heterocycles. The predicted molar refractivity (Wildman–Crippen MR) is 62.8 cm³/mol. The first-order valence-electron chi connectivity index (χ1n) is 5.24. The van der Waals surface area contributed by atoms with E-state index < -0.39 is 0 Å². The van der Waals surface area contributed by atoms with Crippen molar-refractivity contribution in [2.24, 2.45) is 5.92 Å². The number of ether oxygens (including phenoxy) is 1. The number of methoxy groups -OCH3 is 1. The van der Waals surface area contributed by atoms with Crippen LogP contribution in [0.5, 0.6) is 5.75 Å². The van der Waals surface area contributed by atoms with Gasteiger partial charge in [-0.25, -0.2) is 0 Å².